The number of pyridine rings is 1. The van der Waals surface area contributed by atoms with Gasteiger partial charge in [-0.25, -0.2) is 0 Å². The lowest BCUT2D eigenvalue weighted by Crippen LogP contribution is -2.19. The van der Waals surface area contributed by atoms with Crippen molar-refractivity contribution in [2.75, 3.05) is 5.32 Å². The molecule has 21 heavy (non-hydrogen) atoms. The Labute approximate surface area is 128 Å². The highest BCUT2D eigenvalue weighted by Gasteiger charge is 2.32. The summed E-state index contributed by atoms with van der Waals surface area (Å²) in [6.45, 7) is 0. The average molecular weight is 333 g/mol. The van der Waals surface area contributed by atoms with E-state index in [1.165, 1.54) is 30.6 Å². The summed E-state index contributed by atoms with van der Waals surface area (Å²) in [5.74, 6) is -0.377. The first kappa shape index (κ1) is 15.5. The number of halogens is 4. The molecule has 1 aromatic carbocycles. The van der Waals surface area contributed by atoms with Gasteiger partial charge in [0, 0.05) is 18.0 Å². The molecular weight excluding hydrogens is 325 g/mol. The highest BCUT2D eigenvalue weighted by atomic mass is 35.5. The first-order valence-electron chi connectivity index (χ1n) is 5.62. The van der Waals surface area contributed by atoms with Crippen LogP contribution in [-0.4, -0.2) is 16.3 Å². The number of hydrogen-bond donors (Lipinski definition) is 1. The Morgan fingerprint density at radius 2 is 1.95 bits per heavy atom. The highest BCUT2D eigenvalue weighted by molar-refractivity contribution is 7.81. The van der Waals surface area contributed by atoms with Crippen molar-refractivity contribution in [1.82, 2.24) is 4.98 Å². The molecule has 2 aromatic rings. The fourth-order valence-corrected chi connectivity index (χ4v) is 2.09. The number of hydrogen-bond acceptors (Lipinski definition) is 3. The topological polar surface area (TPSA) is 34.1 Å². The third-order valence-electron chi connectivity index (χ3n) is 2.38. The molecule has 0 aliphatic carbocycles. The lowest BCUT2D eigenvalue weighted by molar-refractivity contribution is -0.274. The van der Waals surface area contributed by atoms with Crippen LogP contribution in [0.1, 0.15) is 5.56 Å². The van der Waals surface area contributed by atoms with Gasteiger partial charge in [-0.15, -0.1) is 13.2 Å². The van der Waals surface area contributed by atoms with Crippen LogP contribution in [0.25, 0.3) is 0 Å². The fraction of sp³-hybridized carbons (Fsp3) is 0.0769. The standard InChI is InChI=1S/C13H8ClF3N2OS/c14-9-7-18-6-5-8(9)12(21)19-10-3-1-2-4-11(10)20-13(15,16)17/h1-7H,(H,19,21). The molecule has 110 valence electrons. The van der Waals surface area contributed by atoms with Crippen LogP contribution in [0.5, 0.6) is 5.75 Å². The van der Waals surface area contributed by atoms with E-state index in [0.717, 1.165) is 0 Å². The zero-order valence-corrected chi connectivity index (χ0v) is 11.9. The van der Waals surface area contributed by atoms with Crippen molar-refractivity contribution in [3.63, 3.8) is 0 Å². The maximum Gasteiger partial charge on any atom is 0.573 e. The van der Waals surface area contributed by atoms with E-state index in [0.29, 0.717) is 10.6 Å². The Bertz CT molecular complexity index is 664. The second kappa shape index (κ2) is 6.28. The van der Waals surface area contributed by atoms with Crippen LogP contribution in [0.4, 0.5) is 18.9 Å². The van der Waals surface area contributed by atoms with Crippen LogP contribution in [0.2, 0.25) is 5.02 Å². The van der Waals surface area contributed by atoms with Crippen molar-refractivity contribution in [2.24, 2.45) is 0 Å². The largest absolute Gasteiger partial charge is 0.573 e. The Balaban J connectivity index is 2.24. The van der Waals surface area contributed by atoms with Gasteiger partial charge in [-0.3, -0.25) is 4.98 Å². The predicted molar refractivity (Wildman–Crippen MR) is 77.7 cm³/mol. The molecule has 0 atom stereocenters. The summed E-state index contributed by atoms with van der Waals surface area (Å²) in [6.07, 6.45) is -1.91. The first-order chi connectivity index (χ1) is 9.87. The SMILES string of the molecule is FC(F)(F)Oc1ccccc1NC(=S)c1ccncc1Cl. The van der Waals surface area contributed by atoms with Gasteiger partial charge >= 0.3 is 6.36 Å². The molecule has 1 aromatic heterocycles. The molecule has 0 aliphatic rings. The normalized spacial score (nSPS) is 11.0. The molecule has 0 saturated carbocycles. The van der Waals surface area contributed by atoms with Crippen molar-refractivity contribution in [1.29, 1.82) is 0 Å². The predicted octanol–water partition coefficient (Wildman–Crippen LogP) is 4.42. The van der Waals surface area contributed by atoms with Gasteiger partial charge in [-0.05, 0) is 18.2 Å². The van der Waals surface area contributed by atoms with E-state index in [4.69, 9.17) is 23.8 Å². The summed E-state index contributed by atoms with van der Waals surface area (Å²) < 4.78 is 40.9. The van der Waals surface area contributed by atoms with Crippen LogP contribution in [0, 0.1) is 0 Å². The molecule has 1 N–H and O–H groups in total. The van der Waals surface area contributed by atoms with Crippen LogP contribution >= 0.6 is 23.8 Å². The molecule has 3 nitrogen and oxygen atoms in total. The summed E-state index contributed by atoms with van der Waals surface area (Å²) in [5.41, 5.74) is 0.552. The third kappa shape index (κ3) is 4.30. The fourth-order valence-electron chi connectivity index (χ4n) is 1.53. The van der Waals surface area contributed by atoms with E-state index >= 15 is 0 Å². The van der Waals surface area contributed by atoms with E-state index in [2.05, 4.69) is 15.0 Å². The summed E-state index contributed by atoms with van der Waals surface area (Å²) in [6, 6.07) is 7.15. The average Bonchev–Trinajstić information content (AvgIpc) is 2.40. The minimum Gasteiger partial charge on any atom is -0.404 e. The Hall–Kier alpha value is -1.86. The van der Waals surface area contributed by atoms with Gasteiger partial charge in [0.15, 0.2) is 5.75 Å². The summed E-state index contributed by atoms with van der Waals surface area (Å²) >= 11 is 11.1. The molecule has 0 saturated heterocycles. The van der Waals surface area contributed by atoms with Crippen LogP contribution in [-0.2, 0) is 0 Å². The number of rotatable bonds is 3. The van der Waals surface area contributed by atoms with Crippen LogP contribution in [0.15, 0.2) is 42.7 Å². The molecule has 0 radical (unpaired) electrons. The van der Waals surface area contributed by atoms with Gasteiger partial charge in [0.2, 0.25) is 0 Å². The van der Waals surface area contributed by atoms with Gasteiger partial charge < -0.3 is 10.1 Å². The zero-order chi connectivity index (χ0) is 15.5. The van der Waals surface area contributed by atoms with Crippen molar-refractivity contribution < 1.29 is 17.9 Å². The quantitative estimate of drug-likeness (QED) is 0.844. The minimum atomic E-state index is -4.78. The molecule has 1 heterocycles. The van der Waals surface area contributed by atoms with E-state index in [9.17, 15) is 13.2 Å². The van der Waals surface area contributed by atoms with Crippen molar-refractivity contribution >= 4 is 34.5 Å². The number of aromatic nitrogens is 1. The smallest absolute Gasteiger partial charge is 0.404 e. The number of thiocarbonyl (C=S) groups is 1. The second-order valence-corrected chi connectivity index (χ2v) is 4.67. The van der Waals surface area contributed by atoms with E-state index in [1.807, 2.05) is 0 Å². The number of para-hydroxylation sites is 2. The monoisotopic (exact) mass is 332 g/mol. The summed E-state index contributed by atoms with van der Waals surface area (Å²) in [7, 11) is 0. The van der Waals surface area contributed by atoms with Gasteiger partial charge in [0.05, 0.1) is 10.7 Å². The Morgan fingerprint density at radius 3 is 2.62 bits per heavy atom. The van der Waals surface area contributed by atoms with Crippen molar-refractivity contribution in [3.05, 3.63) is 53.3 Å². The maximum atomic E-state index is 12.3. The maximum absolute atomic E-state index is 12.3. The molecule has 0 unspecified atom stereocenters. The van der Waals surface area contributed by atoms with Crippen molar-refractivity contribution in [2.45, 2.75) is 6.36 Å². The number of nitrogens with one attached hydrogen (secondary N) is 1. The Morgan fingerprint density at radius 1 is 1.24 bits per heavy atom. The van der Waals surface area contributed by atoms with Crippen molar-refractivity contribution in [3.8, 4) is 5.75 Å². The number of anilines is 1. The molecule has 0 aliphatic heterocycles. The van der Waals surface area contributed by atoms with Gasteiger partial charge in [0.25, 0.3) is 0 Å². The summed E-state index contributed by atoms with van der Waals surface area (Å²) in [5, 5.41) is 2.98. The molecule has 0 amide bonds. The number of ether oxygens (including phenoxy) is 1. The molecular formula is C13H8ClF3N2OS. The highest BCUT2D eigenvalue weighted by Crippen LogP contribution is 2.30. The first-order valence-corrected chi connectivity index (χ1v) is 6.41. The molecule has 8 heteroatoms. The van der Waals surface area contributed by atoms with Gasteiger partial charge in [-0.2, -0.15) is 0 Å². The lowest BCUT2D eigenvalue weighted by atomic mass is 10.2. The van der Waals surface area contributed by atoms with Crippen LogP contribution < -0.4 is 10.1 Å². The molecule has 2 rings (SSSR count). The van der Waals surface area contributed by atoms with E-state index < -0.39 is 6.36 Å². The second-order valence-electron chi connectivity index (χ2n) is 3.85. The minimum absolute atomic E-state index is 0.0905. The van der Waals surface area contributed by atoms with Gasteiger partial charge in [0.1, 0.15) is 4.99 Å². The molecule has 0 bridgehead atoms. The van der Waals surface area contributed by atoms with Gasteiger partial charge in [-0.1, -0.05) is 36.0 Å². The molecule has 0 spiro atoms. The summed E-state index contributed by atoms with van der Waals surface area (Å²) in [4.78, 5) is 3.97. The van der Waals surface area contributed by atoms with E-state index in [1.54, 1.807) is 12.1 Å². The Kier molecular flexibility index (Phi) is 4.64. The lowest BCUT2D eigenvalue weighted by Gasteiger charge is -2.15. The molecule has 0 fully saturated rings. The van der Waals surface area contributed by atoms with E-state index in [-0.39, 0.29) is 16.4 Å². The number of nitrogens with zero attached hydrogens (tertiary/aromatic N) is 1. The number of benzene rings is 1. The number of alkyl halides is 3. The third-order valence-corrected chi connectivity index (χ3v) is 3.00. The van der Waals surface area contributed by atoms with Crippen LogP contribution in [0.3, 0.4) is 0 Å². The zero-order valence-electron chi connectivity index (χ0n) is 10.3.